The summed E-state index contributed by atoms with van der Waals surface area (Å²) in [7, 11) is 1.66. The maximum absolute atomic E-state index is 12.3. The SMILES string of the molecule is COc1cccc(SCc2ccc(C(=O)Nc3ccccc3N)cc2)c1. The molecule has 0 radical (unpaired) electrons. The van der Waals surface area contributed by atoms with Crippen LogP contribution in [0.1, 0.15) is 15.9 Å². The zero-order valence-electron chi connectivity index (χ0n) is 14.4. The molecule has 3 N–H and O–H groups in total. The molecule has 3 aromatic rings. The number of rotatable bonds is 6. The van der Waals surface area contributed by atoms with E-state index in [-0.39, 0.29) is 5.91 Å². The van der Waals surface area contributed by atoms with Crippen LogP contribution in [-0.4, -0.2) is 13.0 Å². The second-order valence-corrected chi connectivity index (χ2v) is 6.75. The van der Waals surface area contributed by atoms with E-state index in [1.807, 2.05) is 54.6 Å². The van der Waals surface area contributed by atoms with Gasteiger partial charge in [-0.05, 0) is 48.0 Å². The summed E-state index contributed by atoms with van der Waals surface area (Å²) in [5.41, 5.74) is 8.78. The highest BCUT2D eigenvalue weighted by molar-refractivity contribution is 7.98. The molecule has 0 heterocycles. The van der Waals surface area contributed by atoms with E-state index in [9.17, 15) is 4.79 Å². The maximum Gasteiger partial charge on any atom is 0.255 e. The van der Waals surface area contributed by atoms with Crippen LogP contribution in [0.25, 0.3) is 0 Å². The van der Waals surface area contributed by atoms with Gasteiger partial charge in [-0.25, -0.2) is 0 Å². The fourth-order valence-electron chi connectivity index (χ4n) is 2.42. The van der Waals surface area contributed by atoms with Gasteiger partial charge in [-0.2, -0.15) is 0 Å². The number of carbonyl (C=O) groups excluding carboxylic acids is 1. The monoisotopic (exact) mass is 364 g/mol. The average molecular weight is 364 g/mol. The summed E-state index contributed by atoms with van der Waals surface area (Å²) in [6.07, 6.45) is 0. The van der Waals surface area contributed by atoms with E-state index in [1.54, 1.807) is 31.0 Å². The van der Waals surface area contributed by atoms with Crippen LogP contribution < -0.4 is 15.8 Å². The third kappa shape index (κ3) is 4.58. The summed E-state index contributed by atoms with van der Waals surface area (Å²) in [6, 6.07) is 22.8. The molecule has 0 aliphatic carbocycles. The number of methoxy groups -OCH3 is 1. The number of nitrogens with one attached hydrogen (secondary N) is 1. The number of hydrogen-bond acceptors (Lipinski definition) is 4. The van der Waals surface area contributed by atoms with Crippen molar-refractivity contribution in [1.82, 2.24) is 0 Å². The Hall–Kier alpha value is -2.92. The first-order valence-corrected chi connectivity index (χ1v) is 9.16. The van der Waals surface area contributed by atoms with E-state index in [0.717, 1.165) is 22.0 Å². The van der Waals surface area contributed by atoms with Gasteiger partial charge in [0.05, 0.1) is 18.5 Å². The summed E-state index contributed by atoms with van der Waals surface area (Å²) in [5.74, 6) is 1.50. The van der Waals surface area contributed by atoms with Crippen molar-refractivity contribution in [3.63, 3.8) is 0 Å². The summed E-state index contributed by atoms with van der Waals surface area (Å²) in [6.45, 7) is 0. The Morgan fingerprint density at radius 1 is 1.04 bits per heavy atom. The van der Waals surface area contributed by atoms with Crippen LogP contribution in [0.15, 0.2) is 77.7 Å². The van der Waals surface area contributed by atoms with E-state index in [4.69, 9.17) is 10.5 Å². The van der Waals surface area contributed by atoms with Crippen molar-refractivity contribution in [2.75, 3.05) is 18.2 Å². The van der Waals surface area contributed by atoms with E-state index in [0.29, 0.717) is 16.9 Å². The van der Waals surface area contributed by atoms with E-state index < -0.39 is 0 Å². The lowest BCUT2D eigenvalue weighted by atomic mass is 10.1. The van der Waals surface area contributed by atoms with Gasteiger partial charge >= 0.3 is 0 Å². The molecule has 1 amide bonds. The number of hydrogen-bond donors (Lipinski definition) is 2. The number of carbonyl (C=O) groups is 1. The largest absolute Gasteiger partial charge is 0.497 e. The first-order valence-electron chi connectivity index (χ1n) is 8.17. The number of nitrogen functional groups attached to an aromatic ring is 1. The molecular weight excluding hydrogens is 344 g/mol. The predicted octanol–water partition coefficient (Wildman–Crippen LogP) is 4.82. The molecule has 3 aromatic carbocycles. The normalized spacial score (nSPS) is 10.3. The number of amides is 1. The molecule has 4 nitrogen and oxygen atoms in total. The zero-order valence-corrected chi connectivity index (χ0v) is 15.3. The Bertz CT molecular complexity index is 895. The van der Waals surface area contributed by atoms with Crippen LogP contribution in [0.3, 0.4) is 0 Å². The minimum Gasteiger partial charge on any atom is -0.497 e. The lowest BCUT2D eigenvalue weighted by Crippen LogP contribution is -2.13. The molecule has 0 bridgehead atoms. The second-order valence-electron chi connectivity index (χ2n) is 5.71. The number of ether oxygens (including phenoxy) is 1. The third-order valence-electron chi connectivity index (χ3n) is 3.87. The topological polar surface area (TPSA) is 64.3 Å². The standard InChI is InChI=1S/C21H20N2O2S/c1-25-17-5-4-6-18(13-17)26-14-15-9-11-16(12-10-15)21(24)23-20-8-3-2-7-19(20)22/h2-13H,14,22H2,1H3,(H,23,24). The van der Waals surface area contributed by atoms with E-state index >= 15 is 0 Å². The molecule has 0 fully saturated rings. The Morgan fingerprint density at radius 2 is 1.81 bits per heavy atom. The molecule has 26 heavy (non-hydrogen) atoms. The first-order chi connectivity index (χ1) is 12.7. The molecule has 0 aliphatic heterocycles. The third-order valence-corrected chi connectivity index (χ3v) is 4.94. The maximum atomic E-state index is 12.3. The van der Waals surface area contributed by atoms with Crippen LogP contribution in [-0.2, 0) is 5.75 Å². The van der Waals surface area contributed by atoms with Crippen molar-refractivity contribution in [1.29, 1.82) is 0 Å². The average Bonchev–Trinajstić information content (AvgIpc) is 2.68. The molecule has 0 aromatic heterocycles. The molecule has 3 rings (SSSR count). The molecule has 5 heteroatoms. The summed E-state index contributed by atoms with van der Waals surface area (Å²) in [5, 5.41) is 2.83. The lowest BCUT2D eigenvalue weighted by molar-refractivity contribution is 0.102. The van der Waals surface area contributed by atoms with Crippen LogP contribution in [0.5, 0.6) is 5.75 Å². The van der Waals surface area contributed by atoms with Crippen molar-refractivity contribution in [2.24, 2.45) is 0 Å². The molecule has 0 saturated carbocycles. The van der Waals surface area contributed by atoms with Crippen molar-refractivity contribution in [3.05, 3.63) is 83.9 Å². The van der Waals surface area contributed by atoms with Crippen LogP contribution in [0.4, 0.5) is 11.4 Å². The van der Waals surface area contributed by atoms with Gasteiger partial charge in [0, 0.05) is 16.2 Å². The van der Waals surface area contributed by atoms with Crippen LogP contribution >= 0.6 is 11.8 Å². The highest BCUT2D eigenvalue weighted by atomic mass is 32.2. The molecule has 0 saturated heterocycles. The first kappa shape index (κ1) is 17.9. The van der Waals surface area contributed by atoms with Crippen molar-refractivity contribution < 1.29 is 9.53 Å². The van der Waals surface area contributed by atoms with E-state index in [1.165, 1.54) is 0 Å². The Balaban J connectivity index is 1.61. The number of benzene rings is 3. The molecule has 0 atom stereocenters. The van der Waals surface area contributed by atoms with Gasteiger partial charge < -0.3 is 15.8 Å². The lowest BCUT2D eigenvalue weighted by Gasteiger charge is -2.09. The highest BCUT2D eigenvalue weighted by Gasteiger charge is 2.08. The Morgan fingerprint density at radius 3 is 2.54 bits per heavy atom. The minimum absolute atomic E-state index is 0.171. The molecular formula is C21H20N2O2S. The van der Waals surface area contributed by atoms with Crippen molar-refractivity contribution in [3.8, 4) is 5.75 Å². The number of thioether (sulfide) groups is 1. The molecule has 0 aliphatic rings. The quantitative estimate of drug-likeness (QED) is 0.486. The minimum atomic E-state index is -0.171. The van der Waals surface area contributed by atoms with Gasteiger partial charge in [0.25, 0.3) is 5.91 Å². The van der Waals surface area contributed by atoms with E-state index in [2.05, 4.69) is 11.4 Å². The smallest absolute Gasteiger partial charge is 0.255 e. The summed E-state index contributed by atoms with van der Waals surface area (Å²) < 4.78 is 5.24. The zero-order chi connectivity index (χ0) is 18.4. The predicted molar refractivity (Wildman–Crippen MR) is 108 cm³/mol. The fraction of sp³-hybridized carbons (Fsp3) is 0.0952. The Labute approximate surface area is 157 Å². The van der Waals surface area contributed by atoms with Crippen LogP contribution in [0, 0.1) is 0 Å². The van der Waals surface area contributed by atoms with Crippen molar-refractivity contribution in [2.45, 2.75) is 10.6 Å². The fourth-order valence-corrected chi connectivity index (χ4v) is 3.32. The van der Waals surface area contributed by atoms with Gasteiger partial charge in [-0.1, -0.05) is 30.3 Å². The summed E-state index contributed by atoms with van der Waals surface area (Å²) >= 11 is 1.72. The van der Waals surface area contributed by atoms with Crippen molar-refractivity contribution >= 4 is 29.0 Å². The molecule has 0 unspecified atom stereocenters. The Kier molecular flexibility index (Phi) is 5.81. The van der Waals surface area contributed by atoms with Gasteiger partial charge in [-0.15, -0.1) is 11.8 Å². The summed E-state index contributed by atoms with van der Waals surface area (Å²) in [4.78, 5) is 13.5. The van der Waals surface area contributed by atoms with Gasteiger partial charge in [0.2, 0.25) is 0 Å². The second kappa shape index (κ2) is 8.45. The van der Waals surface area contributed by atoms with Crippen LogP contribution in [0.2, 0.25) is 0 Å². The number of nitrogens with two attached hydrogens (primary N) is 1. The molecule has 132 valence electrons. The van der Waals surface area contributed by atoms with Gasteiger partial charge in [-0.3, -0.25) is 4.79 Å². The number of anilines is 2. The highest BCUT2D eigenvalue weighted by Crippen LogP contribution is 2.26. The molecule has 0 spiro atoms. The van der Waals surface area contributed by atoms with Gasteiger partial charge in [0.15, 0.2) is 0 Å². The number of para-hydroxylation sites is 2. The van der Waals surface area contributed by atoms with Gasteiger partial charge in [0.1, 0.15) is 5.75 Å².